The molecule has 0 aliphatic rings. The van der Waals surface area contributed by atoms with Gasteiger partial charge in [0.25, 0.3) is 0 Å². The molecule has 0 rings (SSSR count). The van der Waals surface area contributed by atoms with E-state index in [-0.39, 0.29) is 0 Å². The number of carbonyl (C=O) groups excluding carboxylic acids is 1. The molecule has 0 aromatic heterocycles. The van der Waals surface area contributed by atoms with Crippen molar-refractivity contribution in [3.05, 3.63) is 0 Å². The second-order valence-electron chi connectivity index (χ2n) is 3.77. The summed E-state index contributed by atoms with van der Waals surface area (Å²) in [5.41, 5.74) is 0. The molecule has 0 aromatic carbocycles. The normalized spacial score (nSPS) is 14.4. The van der Waals surface area contributed by atoms with E-state index in [9.17, 15) is 26.7 Å². The fourth-order valence-corrected chi connectivity index (χ4v) is 0.871. The molecule has 96 valence electrons. The number of alkyl halides is 5. The zero-order chi connectivity index (χ0) is 13.4. The Morgan fingerprint density at radius 3 is 1.75 bits per heavy atom. The Bertz CT molecular complexity index is 269. The zero-order valence-corrected chi connectivity index (χ0v) is 8.48. The third kappa shape index (κ3) is 2.67. The van der Waals surface area contributed by atoms with Gasteiger partial charge in [0, 0.05) is 6.42 Å². The van der Waals surface area contributed by atoms with Crippen molar-refractivity contribution in [3.63, 3.8) is 0 Å². The summed E-state index contributed by atoms with van der Waals surface area (Å²) >= 11 is 0. The van der Waals surface area contributed by atoms with Gasteiger partial charge in [-0.3, -0.25) is 4.79 Å². The van der Waals surface area contributed by atoms with Gasteiger partial charge in [-0.1, -0.05) is 13.8 Å². The number of hydrogen-bond donors (Lipinski definition) is 2. The molecular weight excluding hydrogens is 239 g/mol. The van der Waals surface area contributed by atoms with Crippen LogP contribution in [0.4, 0.5) is 22.0 Å². The summed E-state index contributed by atoms with van der Waals surface area (Å²) in [6.45, 7) is 2.66. The standard InChI is InChI=1S/C8H11F5O3/c1-4(2)3-5(14)6(9,10)7(15,16)8(11,12)13/h4,15-16H,3H2,1-2H3. The van der Waals surface area contributed by atoms with Crippen molar-refractivity contribution in [1.82, 2.24) is 0 Å². The van der Waals surface area contributed by atoms with Crippen molar-refractivity contribution in [2.45, 2.75) is 38.2 Å². The zero-order valence-electron chi connectivity index (χ0n) is 8.48. The molecule has 0 atom stereocenters. The van der Waals surface area contributed by atoms with Gasteiger partial charge in [-0.15, -0.1) is 0 Å². The average Bonchev–Trinajstić information content (AvgIpc) is 2.00. The van der Waals surface area contributed by atoms with Crippen molar-refractivity contribution < 1.29 is 37.0 Å². The van der Waals surface area contributed by atoms with Gasteiger partial charge >= 0.3 is 17.9 Å². The molecule has 3 nitrogen and oxygen atoms in total. The molecule has 0 bridgehead atoms. The molecule has 8 heteroatoms. The summed E-state index contributed by atoms with van der Waals surface area (Å²) in [5.74, 6) is -13.4. The Labute approximate surface area is 87.9 Å². The number of ketones is 1. The molecule has 2 N–H and O–H groups in total. The molecule has 0 radical (unpaired) electrons. The van der Waals surface area contributed by atoms with E-state index in [0.717, 1.165) is 0 Å². The summed E-state index contributed by atoms with van der Waals surface area (Å²) in [6, 6.07) is 0. The Morgan fingerprint density at radius 2 is 1.50 bits per heavy atom. The maximum Gasteiger partial charge on any atom is 0.450 e. The van der Waals surface area contributed by atoms with Crippen LogP contribution in [0.5, 0.6) is 0 Å². The Morgan fingerprint density at radius 1 is 1.12 bits per heavy atom. The third-order valence-corrected chi connectivity index (χ3v) is 1.78. The SMILES string of the molecule is CC(C)CC(=O)C(F)(F)C(O)(O)C(F)(F)F. The van der Waals surface area contributed by atoms with Gasteiger partial charge in [-0.05, 0) is 5.92 Å². The average molecular weight is 250 g/mol. The van der Waals surface area contributed by atoms with Crippen molar-refractivity contribution >= 4 is 5.78 Å². The summed E-state index contributed by atoms with van der Waals surface area (Å²) in [7, 11) is 0. The highest BCUT2D eigenvalue weighted by Crippen LogP contribution is 2.41. The van der Waals surface area contributed by atoms with Crippen molar-refractivity contribution in [2.75, 3.05) is 0 Å². The Balaban J connectivity index is 5.12. The first-order valence-electron chi connectivity index (χ1n) is 4.26. The van der Waals surface area contributed by atoms with Crippen LogP contribution in [0.15, 0.2) is 0 Å². The lowest BCUT2D eigenvalue weighted by Crippen LogP contribution is -2.62. The fraction of sp³-hybridized carbons (Fsp3) is 0.875. The van der Waals surface area contributed by atoms with E-state index in [1.54, 1.807) is 0 Å². The second-order valence-corrected chi connectivity index (χ2v) is 3.77. The molecule has 0 saturated carbocycles. The van der Waals surface area contributed by atoms with E-state index in [2.05, 4.69) is 0 Å². The monoisotopic (exact) mass is 250 g/mol. The molecular formula is C8H11F5O3. The predicted octanol–water partition coefficient (Wildman–Crippen LogP) is 1.48. The van der Waals surface area contributed by atoms with Gasteiger partial charge in [0.15, 0.2) is 0 Å². The van der Waals surface area contributed by atoms with Gasteiger partial charge in [-0.25, -0.2) is 0 Å². The first-order valence-corrected chi connectivity index (χ1v) is 4.26. The summed E-state index contributed by atoms with van der Waals surface area (Å²) < 4.78 is 61.4. The van der Waals surface area contributed by atoms with Crippen LogP contribution in [0.2, 0.25) is 0 Å². The van der Waals surface area contributed by atoms with Crippen molar-refractivity contribution in [1.29, 1.82) is 0 Å². The lowest BCUT2D eigenvalue weighted by Gasteiger charge is -2.31. The lowest BCUT2D eigenvalue weighted by atomic mass is 9.97. The van der Waals surface area contributed by atoms with Gasteiger partial charge in [0.1, 0.15) is 0 Å². The fourth-order valence-electron chi connectivity index (χ4n) is 0.871. The molecule has 0 aromatic rings. The molecule has 16 heavy (non-hydrogen) atoms. The molecule has 0 saturated heterocycles. The van der Waals surface area contributed by atoms with Crippen molar-refractivity contribution in [2.24, 2.45) is 5.92 Å². The molecule has 0 fully saturated rings. The third-order valence-electron chi connectivity index (χ3n) is 1.78. The molecule has 0 amide bonds. The number of hydrogen-bond acceptors (Lipinski definition) is 3. The van der Waals surface area contributed by atoms with E-state index in [0.29, 0.717) is 0 Å². The van der Waals surface area contributed by atoms with E-state index in [4.69, 9.17) is 10.2 Å². The quantitative estimate of drug-likeness (QED) is 0.587. The minimum absolute atomic E-state index is 0.623. The maximum atomic E-state index is 12.9. The summed E-state index contributed by atoms with van der Waals surface area (Å²) in [4.78, 5) is 10.8. The number of carbonyl (C=O) groups is 1. The van der Waals surface area contributed by atoms with Crippen LogP contribution in [0.3, 0.4) is 0 Å². The van der Waals surface area contributed by atoms with Crippen LogP contribution in [-0.4, -0.2) is 33.9 Å². The molecule has 0 aliphatic heterocycles. The van der Waals surface area contributed by atoms with Crippen LogP contribution in [0, 0.1) is 5.92 Å². The minimum atomic E-state index is -6.01. The second kappa shape index (κ2) is 4.25. The molecule has 0 spiro atoms. The van der Waals surface area contributed by atoms with E-state index < -0.39 is 36.0 Å². The van der Waals surface area contributed by atoms with Gasteiger partial charge in [0.2, 0.25) is 5.78 Å². The number of rotatable bonds is 4. The maximum absolute atomic E-state index is 12.9. The lowest BCUT2D eigenvalue weighted by molar-refractivity contribution is -0.405. The summed E-state index contributed by atoms with van der Waals surface area (Å²) in [6.07, 6.45) is -6.89. The van der Waals surface area contributed by atoms with E-state index in [1.807, 2.05) is 0 Å². The highest BCUT2D eigenvalue weighted by Gasteiger charge is 2.71. The van der Waals surface area contributed by atoms with E-state index >= 15 is 0 Å². The number of halogens is 5. The van der Waals surface area contributed by atoms with Gasteiger partial charge in [-0.2, -0.15) is 22.0 Å². The van der Waals surface area contributed by atoms with Crippen LogP contribution in [0.1, 0.15) is 20.3 Å². The first kappa shape index (κ1) is 15.2. The highest BCUT2D eigenvalue weighted by atomic mass is 19.4. The van der Waals surface area contributed by atoms with E-state index in [1.165, 1.54) is 13.8 Å². The Hall–Kier alpha value is -0.760. The first-order chi connectivity index (χ1) is 6.84. The largest absolute Gasteiger partial charge is 0.450 e. The predicted molar refractivity (Wildman–Crippen MR) is 42.6 cm³/mol. The molecule has 0 unspecified atom stereocenters. The van der Waals surface area contributed by atoms with Gasteiger partial charge in [0.05, 0.1) is 0 Å². The summed E-state index contributed by atoms with van der Waals surface area (Å²) in [5, 5.41) is 16.6. The highest BCUT2D eigenvalue weighted by molar-refractivity contribution is 5.87. The topological polar surface area (TPSA) is 57.5 Å². The van der Waals surface area contributed by atoms with Crippen molar-refractivity contribution in [3.8, 4) is 0 Å². The van der Waals surface area contributed by atoms with Crippen LogP contribution >= 0.6 is 0 Å². The van der Waals surface area contributed by atoms with Crippen LogP contribution in [0.25, 0.3) is 0 Å². The molecule has 0 aliphatic carbocycles. The van der Waals surface area contributed by atoms with Crippen LogP contribution in [-0.2, 0) is 4.79 Å². The minimum Gasteiger partial charge on any atom is -0.354 e. The molecule has 0 heterocycles. The number of aliphatic hydroxyl groups is 2. The number of Topliss-reactive ketones (excluding diaryl/α,β-unsaturated/α-hetero) is 1. The van der Waals surface area contributed by atoms with Crippen LogP contribution < -0.4 is 0 Å². The Kier molecular flexibility index (Phi) is 4.05. The smallest absolute Gasteiger partial charge is 0.354 e. The van der Waals surface area contributed by atoms with Gasteiger partial charge < -0.3 is 10.2 Å².